The van der Waals surface area contributed by atoms with Crippen molar-refractivity contribution in [3.63, 3.8) is 0 Å². The summed E-state index contributed by atoms with van der Waals surface area (Å²) in [5.41, 5.74) is 1.51. The van der Waals surface area contributed by atoms with Crippen molar-refractivity contribution in [2.24, 2.45) is 17.8 Å². The number of rotatable bonds is 7. The van der Waals surface area contributed by atoms with Crippen LogP contribution in [0.15, 0.2) is 54.6 Å². The van der Waals surface area contributed by atoms with Crippen LogP contribution in [0.1, 0.15) is 73.4 Å². The second-order valence-electron chi connectivity index (χ2n) is 10.3. The van der Waals surface area contributed by atoms with E-state index in [9.17, 15) is 14.4 Å². The zero-order valence-corrected chi connectivity index (χ0v) is 24.4. The van der Waals surface area contributed by atoms with E-state index in [1.807, 2.05) is 97.0 Å². The third-order valence-electron chi connectivity index (χ3n) is 4.37. The Morgan fingerprint density at radius 1 is 0.676 bits per heavy atom. The number of carbonyl (C=O) groups excluding carboxylic acids is 3. The molecule has 2 aromatic carbocycles. The molecule has 0 amide bonds. The van der Waals surface area contributed by atoms with Crippen molar-refractivity contribution in [2.45, 2.75) is 81.1 Å². The minimum atomic E-state index is -0.346. The van der Waals surface area contributed by atoms with Crippen LogP contribution in [0.5, 0.6) is 0 Å². The van der Waals surface area contributed by atoms with E-state index >= 15 is 0 Å². The highest BCUT2D eigenvalue weighted by molar-refractivity contribution is 6.31. The molecule has 0 radical (unpaired) electrons. The molecule has 0 fully saturated rings. The molecular formula is C30H43ClO6. The second kappa shape index (κ2) is 17.6. The third-order valence-corrected chi connectivity index (χ3v) is 4.74. The molecule has 0 N–H and O–H groups in total. The van der Waals surface area contributed by atoms with Gasteiger partial charge in [-0.05, 0) is 32.4 Å². The van der Waals surface area contributed by atoms with Gasteiger partial charge in [0.2, 0.25) is 0 Å². The number of hydrogen-bond donors (Lipinski definition) is 0. The molecule has 0 aromatic heterocycles. The second-order valence-corrected chi connectivity index (χ2v) is 10.7. The Labute approximate surface area is 227 Å². The van der Waals surface area contributed by atoms with Crippen molar-refractivity contribution in [2.75, 3.05) is 0 Å². The Morgan fingerprint density at radius 3 is 1.51 bits per heavy atom. The van der Waals surface area contributed by atoms with Crippen molar-refractivity contribution in [1.82, 2.24) is 0 Å². The van der Waals surface area contributed by atoms with E-state index in [0.717, 1.165) is 11.1 Å². The summed E-state index contributed by atoms with van der Waals surface area (Å²) < 4.78 is 15.2. The van der Waals surface area contributed by atoms with Crippen LogP contribution in [-0.2, 0) is 41.8 Å². The van der Waals surface area contributed by atoms with Gasteiger partial charge in [-0.15, -0.1) is 0 Å². The Bertz CT molecular complexity index is 946. The first-order valence-electron chi connectivity index (χ1n) is 12.5. The Morgan fingerprint density at radius 2 is 1.11 bits per heavy atom. The first-order valence-corrected chi connectivity index (χ1v) is 12.8. The maximum Gasteiger partial charge on any atom is 0.308 e. The van der Waals surface area contributed by atoms with Crippen molar-refractivity contribution in [3.05, 3.63) is 70.7 Å². The van der Waals surface area contributed by atoms with E-state index in [2.05, 4.69) is 0 Å². The normalized spacial score (nSPS) is 10.6. The summed E-state index contributed by atoms with van der Waals surface area (Å²) in [5.74, 6) is -0.665. The van der Waals surface area contributed by atoms with Crippen LogP contribution >= 0.6 is 11.6 Å². The quantitative estimate of drug-likeness (QED) is 0.272. The molecule has 7 heteroatoms. The molecule has 0 heterocycles. The lowest BCUT2D eigenvalue weighted by atomic mass is 10.1. The Kier molecular flexibility index (Phi) is 16.2. The van der Waals surface area contributed by atoms with Crippen LogP contribution < -0.4 is 0 Å². The summed E-state index contributed by atoms with van der Waals surface area (Å²) in [6.45, 7) is 17.1. The number of hydrogen-bond acceptors (Lipinski definition) is 6. The van der Waals surface area contributed by atoms with Crippen LogP contribution in [-0.4, -0.2) is 23.5 Å². The van der Waals surface area contributed by atoms with Gasteiger partial charge in [-0.25, -0.2) is 0 Å². The molecular weight excluding hydrogens is 492 g/mol. The van der Waals surface area contributed by atoms with Crippen molar-refractivity contribution in [1.29, 1.82) is 0 Å². The smallest absolute Gasteiger partial charge is 0.308 e. The average molecular weight is 535 g/mol. The first kappa shape index (κ1) is 34.1. The summed E-state index contributed by atoms with van der Waals surface area (Å²) >= 11 is 5.90. The minimum Gasteiger partial charge on any atom is -0.461 e. The minimum absolute atomic E-state index is 0.0285. The van der Waals surface area contributed by atoms with Gasteiger partial charge in [-0.1, -0.05) is 102 Å². The Balaban J connectivity index is 0.000000534. The standard InChI is InChI=1S/C11H13ClO2.C11H14O2.C8H16O2/c1-8(2)11(13)14-7-9-5-3-4-6-10(9)12;1-9(2)11(12)13-8-10-6-4-3-5-7-10;1-6(2)7(9)10-8(3,4)5/h3-6,8H,7H2,1-2H3;3-7,9H,8H2,1-2H3;6H,1-5H3. The van der Waals surface area contributed by atoms with Crippen LogP contribution in [0.25, 0.3) is 0 Å². The summed E-state index contributed by atoms with van der Waals surface area (Å²) in [6, 6.07) is 17.0. The molecule has 0 unspecified atom stereocenters. The fourth-order valence-electron chi connectivity index (χ4n) is 2.25. The topological polar surface area (TPSA) is 78.9 Å². The molecule has 0 aliphatic rings. The average Bonchev–Trinajstić information content (AvgIpc) is 2.82. The molecule has 0 saturated heterocycles. The SMILES string of the molecule is CC(C)C(=O)OC(C)(C)C.CC(C)C(=O)OCc1ccccc1.CC(C)C(=O)OCc1ccccc1Cl. The molecule has 37 heavy (non-hydrogen) atoms. The lowest BCUT2D eigenvalue weighted by molar-refractivity contribution is -0.158. The van der Waals surface area contributed by atoms with Crippen LogP contribution in [0.4, 0.5) is 0 Å². The molecule has 0 atom stereocenters. The monoisotopic (exact) mass is 534 g/mol. The number of benzene rings is 2. The molecule has 0 spiro atoms. The first-order chi connectivity index (χ1) is 17.1. The molecule has 2 aromatic rings. The highest BCUT2D eigenvalue weighted by Crippen LogP contribution is 2.16. The summed E-state index contributed by atoms with van der Waals surface area (Å²) in [5, 5.41) is 0.629. The lowest BCUT2D eigenvalue weighted by Gasteiger charge is -2.20. The Hall–Kier alpha value is -2.86. The summed E-state index contributed by atoms with van der Waals surface area (Å²) in [4.78, 5) is 33.2. The van der Waals surface area contributed by atoms with Gasteiger partial charge in [0.05, 0.1) is 17.8 Å². The van der Waals surface area contributed by atoms with Crippen molar-refractivity contribution >= 4 is 29.5 Å². The van der Waals surface area contributed by atoms with E-state index in [4.69, 9.17) is 25.8 Å². The molecule has 0 bridgehead atoms. The van der Waals surface area contributed by atoms with Gasteiger partial charge in [-0.2, -0.15) is 0 Å². The lowest BCUT2D eigenvalue weighted by Crippen LogP contribution is -2.26. The van der Waals surface area contributed by atoms with E-state index in [-0.39, 0.29) is 47.9 Å². The van der Waals surface area contributed by atoms with Crippen LogP contribution in [0, 0.1) is 17.8 Å². The van der Waals surface area contributed by atoms with E-state index in [0.29, 0.717) is 11.6 Å². The van der Waals surface area contributed by atoms with E-state index < -0.39 is 0 Å². The van der Waals surface area contributed by atoms with Crippen LogP contribution in [0.3, 0.4) is 0 Å². The highest BCUT2D eigenvalue weighted by Gasteiger charge is 2.18. The molecule has 0 saturated carbocycles. The molecule has 2 rings (SSSR count). The number of ether oxygens (including phenoxy) is 3. The fraction of sp³-hybridized carbons (Fsp3) is 0.500. The largest absolute Gasteiger partial charge is 0.461 e. The fourth-order valence-corrected chi connectivity index (χ4v) is 2.44. The van der Waals surface area contributed by atoms with Gasteiger partial charge >= 0.3 is 17.9 Å². The van der Waals surface area contributed by atoms with Gasteiger partial charge in [0, 0.05) is 10.6 Å². The number of carbonyl (C=O) groups is 3. The summed E-state index contributed by atoms with van der Waals surface area (Å²) in [7, 11) is 0. The predicted octanol–water partition coefficient (Wildman–Crippen LogP) is 7.41. The maximum absolute atomic E-state index is 11.2. The molecule has 206 valence electrons. The van der Waals surface area contributed by atoms with Gasteiger partial charge in [0.1, 0.15) is 18.8 Å². The van der Waals surface area contributed by atoms with E-state index in [1.54, 1.807) is 19.9 Å². The van der Waals surface area contributed by atoms with Crippen LogP contribution in [0.2, 0.25) is 5.02 Å². The highest BCUT2D eigenvalue weighted by atomic mass is 35.5. The van der Waals surface area contributed by atoms with Crippen molar-refractivity contribution in [3.8, 4) is 0 Å². The predicted molar refractivity (Wildman–Crippen MR) is 148 cm³/mol. The maximum atomic E-state index is 11.2. The van der Waals surface area contributed by atoms with Gasteiger partial charge < -0.3 is 14.2 Å². The molecule has 0 aliphatic carbocycles. The van der Waals surface area contributed by atoms with Gasteiger partial charge in [0.15, 0.2) is 0 Å². The van der Waals surface area contributed by atoms with E-state index in [1.165, 1.54) is 0 Å². The molecule has 6 nitrogen and oxygen atoms in total. The zero-order chi connectivity index (χ0) is 28.6. The van der Waals surface area contributed by atoms with Gasteiger partial charge in [-0.3, -0.25) is 14.4 Å². The third kappa shape index (κ3) is 17.3. The summed E-state index contributed by atoms with van der Waals surface area (Å²) in [6.07, 6.45) is 0. The number of esters is 3. The molecule has 0 aliphatic heterocycles. The van der Waals surface area contributed by atoms with Crippen molar-refractivity contribution < 1.29 is 28.6 Å². The number of halogens is 1. The zero-order valence-electron chi connectivity index (χ0n) is 23.7. The van der Waals surface area contributed by atoms with Gasteiger partial charge in [0.25, 0.3) is 0 Å².